The van der Waals surface area contributed by atoms with E-state index in [1.54, 1.807) is 41.5 Å². The van der Waals surface area contributed by atoms with E-state index in [4.69, 9.17) is 37.9 Å². The van der Waals surface area contributed by atoms with Crippen molar-refractivity contribution < 1.29 is 76.6 Å². The van der Waals surface area contributed by atoms with Gasteiger partial charge in [0.15, 0.2) is 17.0 Å². The maximum Gasteiger partial charge on any atom is 0.427 e. The first kappa shape index (κ1) is 62.4. The third-order valence-electron chi connectivity index (χ3n) is 10.7. The second-order valence-corrected chi connectivity index (χ2v) is 23.5. The molecule has 2 N–H and O–H groups in total. The largest absolute Gasteiger partial charge is 0.480 e. The van der Waals surface area contributed by atoms with Crippen molar-refractivity contribution in [1.82, 2.24) is 29.7 Å². The number of carbonyl (C=O) groups excluding carboxylic acids is 6. The molecule has 1 unspecified atom stereocenters. The highest BCUT2D eigenvalue weighted by atomic mass is 16.6. The molecule has 0 radical (unpaired) electrons. The van der Waals surface area contributed by atoms with Gasteiger partial charge in [0.2, 0.25) is 11.9 Å². The second-order valence-electron chi connectivity index (χ2n) is 23.5. The lowest BCUT2D eigenvalue weighted by molar-refractivity contribution is -0.145. The van der Waals surface area contributed by atoms with Crippen LogP contribution in [-0.4, -0.2) is 159 Å². The van der Waals surface area contributed by atoms with Crippen molar-refractivity contribution in [2.75, 3.05) is 62.5 Å². The Kier molecular flexibility index (Phi) is 20.2. The molecule has 2 aromatic carbocycles. The minimum absolute atomic E-state index is 0.0455. The van der Waals surface area contributed by atoms with Crippen LogP contribution in [0.15, 0.2) is 54.9 Å². The average molecular weight is 1110 g/mol. The molecule has 0 fully saturated rings. The Labute approximate surface area is 460 Å². The van der Waals surface area contributed by atoms with Gasteiger partial charge in [-0.1, -0.05) is 48.5 Å². The molecule has 1 atom stereocenters. The van der Waals surface area contributed by atoms with E-state index in [9.17, 15) is 38.7 Å². The fraction of sp³-hybridized carbons (Fsp3) is 0.564. The third-order valence-corrected chi connectivity index (χ3v) is 10.7. The number of alkyl carbamates (subject to hydrolysis) is 1. The second kappa shape index (κ2) is 25.6. The van der Waals surface area contributed by atoms with E-state index < -0.39 is 102 Å². The number of hydrogen-bond donors (Lipinski definition) is 2. The van der Waals surface area contributed by atoms with Gasteiger partial charge in [-0.2, -0.15) is 14.9 Å². The molecular formula is C55H76N8O16. The highest BCUT2D eigenvalue weighted by molar-refractivity contribution is 6.14. The van der Waals surface area contributed by atoms with Crippen LogP contribution in [0.2, 0.25) is 0 Å². The van der Waals surface area contributed by atoms with Gasteiger partial charge in [0.1, 0.15) is 42.1 Å². The van der Waals surface area contributed by atoms with Crippen molar-refractivity contribution in [2.24, 2.45) is 0 Å². The van der Waals surface area contributed by atoms with Crippen LogP contribution in [0.5, 0.6) is 0 Å². The van der Waals surface area contributed by atoms with Crippen molar-refractivity contribution in [1.29, 1.82) is 0 Å². The van der Waals surface area contributed by atoms with Crippen molar-refractivity contribution >= 4 is 65.3 Å². The van der Waals surface area contributed by atoms with E-state index >= 15 is 0 Å². The molecule has 4 aromatic rings. The summed E-state index contributed by atoms with van der Waals surface area (Å²) in [5.74, 6) is -4.05. The van der Waals surface area contributed by atoms with E-state index in [1.807, 2.05) is 69.3 Å². The fourth-order valence-electron chi connectivity index (χ4n) is 7.73. The quantitative estimate of drug-likeness (QED) is 0.0655. The summed E-state index contributed by atoms with van der Waals surface area (Å²) < 4.78 is 46.6. The minimum Gasteiger partial charge on any atom is -0.480 e. The van der Waals surface area contributed by atoms with Crippen LogP contribution >= 0.6 is 0 Å². The normalized spacial score (nSPS) is 13.2. The number of nitrogens with zero attached hydrogens (tertiary/aromatic N) is 7. The van der Waals surface area contributed by atoms with Gasteiger partial charge in [-0.05, 0) is 126 Å². The van der Waals surface area contributed by atoms with Crippen LogP contribution in [0.3, 0.4) is 0 Å². The Bertz CT molecular complexity index is 2730. The molecule has 1 aliphatic rings. The lowest BCUT2D eigenvalue weighted by Crippen LogP contribution is -2.50. The number of benzene rings is 2. The average Bonchev–Trinajstić information content (AvgIpc) is 4.14. The van der Waals surface area contributed by atoms with Crippen LogP contribution in [0.25, 0.3) is 22.3 Å². The first-order valence-corrected chi connectivity index (χ1v) is 25.8. The van der Waals surface area contributed by atoms with Gasteiger partial charge >= 0.3 is 36.4 Å². The number of aliphatic carboxylic acids is 1. The van der Waals surface area contributed by atoms with Crippen LogP contribution in [0, 0.1) is 0 Å². The van der Waals surface area contributed by atoms with Crippen LogP contribution in [0.1, 0.15) is 121 Å². The minimum atomic E-state index is -1.42. The summed E-state index contributed by atoms with van der Waals surface area (Å²) >= 11 is 0. The molecule has 79 heavy (non-hydrogen) atoms. The first-order chi connectivity index (χ1) is 36.6. The van der Waals surface area contributed by atoms with Crippen LogP contribution in [-0.2, 0) is 54.0 Å². The number of rotatable bonds is 19. The lowest BCUT2D eigenvalue weighted by atomic mass is 9.98. The zero-order chi connectivity index (χ0) is 58.8. The van der Waals surface area contributed by atoms with Gasteiger partial charge in [0.05, 0.1) is 51.0 Å². The Morgan fingerprint density at radius 2 is 1.11 bits per heavy atom. The number of nitrogens with one attached hydrogen (secondary N) is 1. The van der Waals surface area contributed by atoms with Crippen LogP contribution in [0.4, 0.5) is 35.7 Å². The number of carboxylic acid groups (broad SMARTS) is 1. The van der Waals surface area contributed by atoms with Crippen molar-refractivity contribution in [3.8, 4) is 11.1 Å². The van der Waals surface area contributed by atoms with Gasteiger partial charge in [-0.3, -0.25) is 9.59 Å². The first-order valence-electron chi connectivity index (χ1n) is 25.8. The molecule has 0 bridgehead atoms. The summed E-state index contributed by atoms with van der Waals surface area (Å²) in [6, 6.07) is 14.5. The summed E-state index contributed by atoms with van der Waals surface area (Å²) in [4.78, 5) is 112. The SMILES string of the molecule is CC(C)(C)OCCOCCOCC(CN(CC(=O)O)C(=O)Cn1cnc2c(N(C(=O)OC(C)(C)C)C(=O)OC(C)(C)C)nc(N(C(=O)OC(C)(C)C)C(=O)OC(C)(C)C)nc21)NC(=O)OCC1c2ccccc2-c2ccccc21. The zero-order valence-corrected chi connectivity index (χ0v) is 47.9. The third kappa shape index (κ3) is 18.9. The van der Waals surface area contributed by atoms with E-state index in [2.05, 4.69) is 20.3 Å². The molecule has 6 amide bonds. The van der Waals surface area contributed by atoms with Crippen molar-refractivity contribution in [3.05, 3.63) is 66.0 Å². The number of aromatic nitrogens is 4. The highest BCUT2D eigenvalue weighted by Crippen LogP contribution is 2.44. The van der Waals surface area contributed by atoms with Gasteiger partial charge in [0.25, 0.3) is 0 Å². The van der Waals surface area contributed by atoms with E-state index in [0.717, 1.165) is 38.0 Å². The summed E-state index contributed by atoms with van der Waals surface area (Å²) in [7, 11) is 0. The molecule has 0 saturated heterocycles. The molecule has 24 nitrogen and oxygen atoms in total. The monoisotopic (exact) mass is 1100 g/mol. The summed E-state index contributed by atoms with van der Waals surface area (Å²) in [5.41, 5.74) is -1.90. The van der Waals surface area contributed by atoms with Gasteiger partial charge < -0.3 is 57.8 Å². The maximum absolute atomic E-state index is 14.6. The fourth-order valence-corrected chi connectivity index (χ4v) is 7.73. The number of hydrogen-bond acceptors (Lipinski definition) is 18. The predicted molar refractivity (Wildman–Crippen MR) is 289 cm³/mol. The lowest BCUT2D eigenvalue weighted by Gasteiger charge is -2.29. The summed E-state index contributed by atoms with van der Waals surface area (Å²) in [6.07, 6.45) is -5.08. The molecule has 2 aromatic heterocycles. The smallest absolute Gasteiger partial charge is 0.427 e. The number of ether oxygens (including phenoxy) is 8. The molecule has 0 aliphatic heterocycles. The van der Waals surface area contributed by atoms with Gasteiger partial charge in [-0.25, -0.2) is 29.0 Å². The number of carbonyl (C=O) groups is 7. The number of fused-ring (bicyclic) bond motifs is 4. The Hall–Kier alpha value is -7.44. The summed E-state index contributed by atoms with van der Waals surface area (Å²) in [5, 5.41) is 12.9. The van der Waals surface area contributed by atoms with Crippen molar-refractivity contribution in [3.63, 3.8) is 0 Å². The Morgan fingerprint density at radius 3 is 1.61 bits per heavy atom. The van der Waals surface area contributed by atoms with E-state index in [0.29, 0.717) is 16.4 Å². The van der Waals surface area contributed by atoms with E-state index in [1.165, 1.54) is 41.5 Å². The molecular weight excluding hydrogens is 1030 g/mol. The number of amides is 6. The highest BCUT2D eigenvalue weighted by Gasteiger charge is 2.41. The molecule has 2 heterocycles. The predicted octanol–water partition coefficient (Wildman–Crippen LogP) is 8.85. The zero-order valence-electron chi connectivity index (χ0n) is 47.9. The maximum atomic E-state index is 14.6. The van der Waals surface area contributed by atoms with E-state index in [-0.39, 0.29) is 55.7 Å². The Balaban J connectivity index is 1.54. The molecule has 432 valence electrons. The molecule has 0 saturated carbocycles. The number of imidazole rings is 1. The number of anilines is 2. The topological polar surface area (TPSA) is 279 Å². The summed E-state index contributed by atoms with van der Waals surface area (Å²) in [6.45, 7) is 22.7. The van der Waals surface area contributed by atoms with Crippen molar-refractivity contribution in [2.45, 2.75) is 150 Å². The van der Waals surface area contributed by atoms with Gasteiger partial charge in [-0.15, -0.1) is 4.90 Å². The Morgan fingerprint density at radius 1 is 0.633 bits per heavy atom. The molecule has 1 aliphatic carbocycles. The van der Waals surface area contributed by atoms with Gasteiger partial charge in [0, 0.05) is 12.5 Å². The number of carboxylic acids is 1. The standard InChI is InChI=1S/C55H76N8O16/c1-51(2,3)75-27-26-72-24-25-73-31-34(57-46(67)74-32-39-37-22-18-16-20-35(37)36-21-17-19-23-38(36)39)28-60(30-41(65)66)40(64)29-61-33-56-42-43(61)58-45(63(49(70)78-54(10,11)12)50(71)79-55(13,14)15)59-44(42)62(47(68)76-52(4,5)6)48(69)77-53(7,8)9/h16-23,33-34,39H,24-32H2,1-15H3,(H,57,67)(H,65,66). The molecule has 24 heteroatoms. The molecule has 0 spiro atoms. The molecule has 5 rings (SSSR count). The van der Waals surface area contributed by atoms with Crippen LogP contribution < -0.4 is 15.1 Å². The number of imide groups is 2.